The molecule has 2 amide bonds. The minimum Gasteiger partial charge on any atom is -0.352 e. The average Bonchev–Trinajstić information content (AvgIpc) is 2.48. The first-order chi connectivity index (χ1) is 9.90. The van der Waals surface area contributed by atoms with Gasteiger partial charge in [0.2, 0.25) is 5.91 Å². The highest BCUT2D eigenvalue weighted by Gasteiger charge is 2.40. The van der Waals surface area contributed by atoms with E-state index in [9.17, 15) is 9.59 Å². The molecule has 114 valence electrons. The van der Waals surface area contributed by atoms with Crippen LogP contribution in [0.3, 0.4) is 0 Å². The highest BCUT2D eigenvalue weighted by Crippen LogP contribution is 2.22. The van der Waals surface area contributed by atoms with Crippen LogP contribution in [0.2, 0.25) is 0 Å². The van der Waals surface area contributed by atoms with E-state index in [1.165, 1.54) is 0 Å². The van der Waals surface area contributed by atoms with Crippen molar-refractivity contribution in [1.29, 1.82) is 0 Å². The Kier molecular flexibility index (Phi) is 4.13. The zero-order chi connectivity index (χ0) is 15.6. The van der Waals surface area contributed by atoms with Crippen molar-refractivity contribution in [3.8, 4) is 0 Å². The third-order valence-electron chi connectivity index (χ3n) is 3.73. The van der Waals surface area contributed by atoms with Crippen LogP contribution in [0.5, 0.6) is 0 Å². The van der Waals surface area contributed by atoms with Crippen molar-refractivity contribution in [3.63, 3.8) is 0 Å². The van der Waals surface area contributed by atoms with Gasteiger partial charge in [-0.15, -0.1) is 0 Å². The molecule has 7 nitrogen and oxygen atoms in total. The molecule has 1 fully saturated rings. The smallest absolute Gasteiger partial charge is 0.254 e. The zero-order valence-corrected chi connectivity index (χ0v) is 12.6. The first kappa shape index (κ1) is 15.2. The van der Waals surface area contributed by atoms with Gasteiger partial charge in [-0.3, -0.25) is 9.59 Å². The van der Waals surface area contributed by atoms with Gasteiger partial charge >= 0.3 is 0 Å². The molecule has 0 aliphatic carbocycles. The summed E-state index contributed by atoms with van der Waals surface area (Å²) in [4.78, 5) is 30.6. The number of aryl methyl sites for hydroxylation is 1. The number of rotatable bonds is 3. The van der Waals surface area contributed by atoms with E-state index in [0.29, 0.717) is 30.9 Å². The van der Waals surface area contributed by atoms with Gasteiger partial charge in [0.1, 0.15) is 11.4 Å². The number of aromatic nitrogens is 1. The molecule has 1 aromatic heterocycles. The molecular formula is C14H21N5O2. The maximum absolute atomic E-state index is 12.7. The molecule has 2 rings (SSSR count). The Hall–Kier alpha value is -2.15. The van der Waals surface area contributed by atoms with E-state index in [1.807, 2.05) is 6.92 Å². The maximum Gasteiger partial charge on any atom is 0.254 e. The second-order valence-corrected chi connectivity index (χ2v) is 5.50. The second kappa shape index (κ2) is 5.69. The minimum absolute atomic E-state index is 0.149. The SMILES string of the molecule is CCc1cc(C(=O)N2CCNC(=O)C2(C)C)cc(NN)n1. The van der Waals surface area contributed by atoms with E-state index in [1.54, 1.807) is 30.9 Å². The number of hydrogen-bond donors (Lipinski definition) is 3. The van der Waals surface area contributed by atoms with Gasteiger partial charge in [-0.25, -0.2) is 10.8 Å². The molecule has 1 aliphatic rings. The maximum atomic E-state index is 12.7. The summed E-state index contributed by atoms with van der Waals surface area (Å²) in [6, 6.07) is 3.34. The lowest BCUT2D eigenvalue weighted by molar-refractivity contribution is -0.133. The Labute approximate surface area is 123 Å². The molecule has 4 N–H and O–H groups in total. The molecule has 1 aromatic rings. The van der Waals surface area contributed by atoms with E-state index in [4.69, 9.17) is 5.84 Å². The summed E-state index contributed by atoms with van der Waals surface area (Å²) in [5, 5.41) is 2.78. The number of piperazine rings is 1. The summed E-state index contributed by atoms with van der Waals surface area (Å²) >= 11 is 0. The lowest BCUT2D eigenvalue weighted by atomic mass is 9.97. The van der Waals surface area contributed by atoms with E-state index in [0.717, 1.165) is 5.69 Å². The van der Waals surface area contributed by atoms with Crippen LogP contribution < -0.4 is 16.6 Å². The molecule has 0 aromatic carbocycles. The lowest BCUT2D eigenvalue weighted by Gasteiger charge is -2.41. The van der Waals surface area contributed by atoms with E-state index < -0.39 is 5.54 Å². The summed E-state index contributed by atoms with van der Waals surface area (Å²) in [6.45, 7) is 6.37. The summed E-state index contributed by atoms with van der Waals surface area (Å²) in [6.07, 6.45) is 0.694. The molecular weight excluding hydrogens is 270 g/mol. The van der Waals surface area contributed by atoms with Crippen molar-refractivity contribution in [2.75, 3.05) is 18.5 Å². The third kappa shape index (κ3) is 2.82. The highest BCUT2D eigenvalue weighted by molar-refractivity contribution is 6.00. The molecule has 0 radical (unpaired) electrons. The molecule has 21 heavy (non-hydrogen) atoms. The van der Waals surface area contributed by atoms with Gasteiger partial charge in [-0.2, -0.15) is 0 Å². The molecule has 0 saturated carbocycles. The standard InChI is InChI=1S/C14H21N5O2/c1-4-10-7-9(8-11(17-10)18-15)12(20)19-6-5-16-13(21)14(19,2)3/h7-8H,4-6,15H2,1-3H3,(H,16,21)(H,17,18). The fourth-order valence-electron chi connectivity index (χ4n) is 2.38. The van der Waals surface area contributed by atoms with Crippen LogP contribution in [0.1, 0.15) is 36.8 Å². The van der Waals surface area contributed by atoms with Gasteiger partial charge in [0.25, 0.3) is 5.91 Å². The van der Waals surface area contributed by atoms with Gasteiger partial charge in [0.15, 0.2) is 0 Å². The fraction of sp³-hybridized carbons (Fsp3) is 0.500. The molecule has 1 aliphatic heterocycles. The number of anilines is 1. The van der Waals surface area contributed by atoms with Crippen molar-refractivity contribution < 1.29 is 9.59 Å². The number of nitrogens with two attached hydrogens (primary N) is 1. The van der Waals surface area contributed by atoms with Crippen molar-refractivity contribution in [1.82, 2.24) is 15.2 Å². The number of carbonyl (C=O) groups is 2. The van der Waals surface area contributed by atoms with Gasteiger partial charge in [0.05, 0.1) is 0 Å². The van der Waals surface area contributed by atoms with Crippen LogP contribution in [0.25, 0.3) is 0 Å². The molecule has 0 unspecified atom stereocenters. The average molecular weight is 291 g/mol. The first-order valence-electron chi connectivity index (χ1n) is 6.98. The topological polar surface area (TPSA) is 100 Å². The number of hydrogen-bond acceptors (Lipinski definition) is 5. The normalized spacial score (nSPS) is 17.3. The van der Waals surface area contributed by atoms with E-state index in [2.05, 4.69) is 15.7 Å². The molecule has 0 atom stereocenters. The number of hydrazine groups is 1. The van der Waals surface area contributed by atoms with Gasteiger partial charge in [0, 0.05) is 24.3 Å². The molecule has 1 saturated heterocycles. The van der Waals surface area contributed by atoms with Crippen molar-refractivity contribution in [3.05, 3.63) is 23.4 Å². The molecule has 0 bridgehead atoms. The first-order valence-corrected chi connectivity index (χ1v) is 6.98. The highest BCUT2D eigenvalue weighted by atomic mass is 16.2. The van der Waals surface area contributed by atoms with E-state index >= 15 is 0 Å². The predicted molar refractivity (Wildman–Crippen MR) is 79.6 cm³/mol. The number of pyridine rings is 1. The van der Waals surface area contributed by atoms with Crippen LogP contribution in [0.15, 0.2) is 12.1 Å². The fourth-order valence-corrected chi connectivity index (χ4v) is 2.38. The number of nitrogens with one attached hydrogen (secondary N) is 2. The number of amides is 2. The minimum atomic E-state index is -0.874. The number of nitrogen functional groups attached to an aromatic ring is 1. The second-order valence-electron chi connectivity index (χ2n) is 5.50. The van der Waals surface area contributed by atoms with Crippen LogP contribution in [-0.2, 0) is 11.2 Å². The summed E-state index contributed by atoms with van der Waals surface area (Å²) in [5.74, 6) is 5.50. The molecule has 7 heteroatoms. The Morgan fingerprint density at radius 1 is 1.52 bits per heavy atom. The van der Waals surface area contributed by atoms with Crippen molar-refractivity contribution in [2.24, 2.45) is 5.84 Å². The van der Waals surface area contributed by atoms with Crippen molar-refractivity contribution >= 4 is 17.6 Å². The van der Waals surface area contributed by atoms with E-state index in [-0.39, 0.29) is 11.8 Å². The summed E-state index contributed by atoms with van der Waals surface area (Å²) in [7, 11) is 0. The number of carbonyl (C=O) groups excluding carboxylic acids is 2. The predicted octanol–water partition coefficient (Wildman–Crippen LogP) is 0.280. The third-order valence-corrected chi connectivity index (χ3v) is 3.73. The van der Waals surface area contributed by atoms with Crippen LogP contribution in [0, 0.1) is 0 Å². The monoisotopic (exact) mass is 291 g/mol. The Morgan fingerprint density at radius 3 is 2.86 bits per heavy atom. The van der Waals surface area contributed by atoms with Crippen LogP contribution in [0.4, 0.5) is 5.82 Å². The summed E-state index contributed by atoms with van der Waals surface area (Å²) < 4.78 is 0. The Morgan fingerprint density at radius 2 is 2.24 bits per heavy atom. The largest absolute Gasteiger partial charge is 0.352 e. The van der Waals surface area contributed by atoms with Gasteiger partial charge in [-0.05, 0) is 32.4 Å². The van der Waals surface area contributed by atoms with Gasteiger partial charge in [-0.1, -0.05) is 6.92 Å². The van der Waals surface area contributed by atoms with Crippen LogP contribution >= 0.6 is 0 Å². The van der Waals surface area contributed by atoms with Crippen molar-refractivity contribution in [2.45, 2.75) is 32.7 Å². The molecule has 2 heterocycles. The quantitative estimate of drug-likeness (QED) is 0.548. The number of nitrogens with zero attached hydrogens (tertiary/aromatic N) is 2. The Balaban J connectivity index is 2.37. The lowest BCUT2D eigenvalue weighted by Crippen LogP contribution is -2.63. The van der Waals surface area contributed by atoms with Gasteiger partial charge < -0.3 is 15.6 Å². The Bertz CT molecular complexity index is 548. The van der Waals surface area contributed by atoms with Crippen LogP contribution in [-0.4, -0.2) is 40.3 Å². The molecule has 0 spiro atoms. The summed E-state index contributed by atoms with van der Waals surface area (Å²) in [5.41, 5.74) is 2.85. The zero-order valence-electron chi connectivity index (χ0n) is 12.6.